The zero-order valence-corrected chi connectivity index (χ0v) is 21.8. The molecule has 2 aromatic carbocycles. The molecule has 4 fully saturated rings. The van der Waals surface area contributed by atoms with Crippen molar-refractivity contribution in [2.75, 3.05) is 24.5 Å². The van der Waals surface area contributed by atoms with Gasteiger partial charge in [-0.25, -0.2) is 4.79 Å². The molecule has 0 aromatic heterocycles. The van der Waals surface area contributed by atoms with Gasteiger partial charge in [0.2, 0.25) is 5.91 Å². The molecule has 190 valence electrons. The first-order valence-electron chi connectivity index (χ1n) is 12.9. The number of hydrogen-bond donors (Lipinski definition) is 1. The van der Waals surface area contributed by atoms with Crippen molar-refractivity contribution in [2.24, 2.45) is 5.41 Å². The van der Waals surface area contributed by atoms with E-state index in [2.05, 4.69) is 33.0 Å². The van der Waals surface area contributed by atoms with E-state index in [0.29, 0.717) is 25.2 Å². The molecule has 2 aliphatic carbocycles. The quantitative estimate of drug-likeness (QED) is 0.480. The van der Waals surface area contributed by atoms with E-state index in [0.717, 1.165) is 79.8 Å². The van der Waals surface area contributed by atoms with Crippen molar-refractivity contribution in [2.45, 2.75) is 63.7 Å². The van der Waals surface area contributed by atoms with Crippen LogP contribution in [0, 0.1) is 5.41 Å². The second kappa shape index (κ2) is 9.38. The summed E-state index contributed by atoms with van der Waals surface area (Å²) in [5, 5.41) is 9.15. The molecule has 1 spiro atoms. The zero-order chi connectivity index (χ0) is 24.9. The van der Waals surface area contributed by atoms with Crippen LogP contribution in [-0.4, -0.2) is 53.7 Å². The van der Waals surface area contributed by atoms with Gasteiger partial charge in [-0.15, -0.1) is 0 Å². The Morgan fingerprint density at radius 3 is 2.11 bits per heavy atom. The van der Waals surface area contributed by atoms with Crippen LogP contribution in [0.2, 0.25) is 0 Å². The third kappa shape index (κ3) is 5.11. The lowest BCUT2D eigenvalue weighted by Gasteiger charge is -2.39. The molecule has 8 heteroatoms. The smallest absolute Gasteiger partial charge is 0.335 e. The molecule has 2 saturated heterocycles. The summed E-state index contributed by atoms with van der Waals surface area (Å²) in [6.45, 7) is 3.41. The maximum absolute atomic E-state index is 12.9. The lowest BCUT2D eigenvalue weighted by molar-refractivity contribution is -0.118. The number of nitrogens with zero attached hydrogens (tertiary/aromatic N) is 2. The number of carboxylic acid groups (broad SMARTS) is 1. The summed E-state index contributed by atoms with van der Waals surface area (Å²) in [6.07, 6.45) is 7.59. The third-order valence-electron chi connectivity index (χ3n) is 7.77. The van der Waals surface area contributed by atoms with E-state index in [4.69, 9.17) is 14.6 Å². The highest BCUT2D eigenvalue weighted by Gasteiger charge is 2.45. The molecule has 1 amide bonds. The number of carbonyl (C=O) groups is 2. The molecule has 2 aromatic rings. The minimum absolute atomic E-state index is 0.0146. The van der Waals surface area contributed by atoms with E-state index in [1.807, 2.05) is 4.90 Å². The first-order chi connectivity index (χ1) is 17.4. The molecule has 0 atom stereocenters. The van der Waals surface area contributed by atoms with Crippen molar-refractivity contribution in [3.8, 4) is 11.5 Å². The topological polar surface area (TPSA) is 79.3 Å². The fourth-order valence-corrected chi connectivity index (χ4v) is 5.73. The van der Waals surface area contributed by atoms with E-state index < -0.39 is 5.97 Å². The van der Waals surface area contributed by atoms with Gasteiger partial charge in [-0.1, -0.05) is 0 Å². The standard InChI is InChI=1S/C28H31BrN2O5/c29-26-23(35-21-5-6-21)13-18(14-24(26)36-22-7-8-22)16-30-11-9-28(10-12-30)15-25(32)31(17-28)20-3-1-19(2-4-20)27(33)34/h1-4,13-14,21-22H,5-12,15-17H2,(H,33,34). The Hall–Kier alpha value is -2.58. The van der Waals surface area contributed by atoms with Crippen LogP contribution in [-0.2, 0) is 11.3 Å². The zero-order valence-electron chi connectivity index (χ0n) is 20.2. The Bertz CT molecular complexity index is 1130. The molecule has 2 heterocycles. The van der Waals surface area contributed by atoms with Gasteiger partial charge >= 0.3 is 5.97 Å². The Kier molecular flexibility index (Phi) is 6.20. The predicted octanol–water partition coefficient (Wildman–Crippen LogP) is 5.25. The number of anilines is 1. The van der Waals surface area contributed by atoms with Crippen molar-refractivity contribution in [1.29, 1.82) is 0 Å². The molecule has 0 radical (unpaired) electrons. The number of hydrogen-bond acceptors (Lipinski definition) is 5. The average Bonchev–Trinajstić information content (AvgIpc) is 3.79. The number of aromatic carboxylic acids is 1. The molecular formula is C28H31BrN2O5. The Labute approximate surface area is 219 Å². The number of carbonyl (C=O) groups excluding carboxylic acids is 1. The highest BCUT2D eigenvalue weighted by atomic mass is 79.9. The molecule has 36 heavy (non-hydrogen) atoms. The highest BCUT2D eigenvalue weighted by molar-refractivity contribution is 9.10. The summed E-state index contributed by atoms with van der Waals surface area (Å²) in [5.74, 6) is 0.930. The molecule has 4 aliphatic rings. The van der Waals surface area contributed by atoms with Crippen molar-refractivity contribution in [3.05, 3.63) is 52.0 Å². The van der Waals surface area contributed by atoms with Gasteiger partial charge in [0, 0.05) is 25.2 Å². The van der Waals surface area contributed by atoms with Crippen LogP contribution in [0.1, 0.15) is 60.9 Å². The van der Waals surface area contributed by atoms with Gasteiger partial charge in [-0.2, -0.15) is 0 Å². The highest BCUT2D eigenvalue weighted by Crippen LogP contribution is 2.44. The lowest BCUT2D eigenvalue weighted by atomic mass is 9.77. The summed E-state index contributed by atoms with van der Waals surface area (Å²) >= 11 is 3.71. The molecule has 0 unspecified atom stereocenters. The predicted molar refractivity (Wildman–Crippen MR) is 139 cm³/mol. The Morgan fingerprint density at radius 2 is 1.58 bits per heavy atom. The van der Waals surface area contributed by atoms with Crippen molar-refractivity contribution < 1.29 is 24.2 Å². The SMILES string of the molecule is O=C(O)c1ccc(N2CC3(CCN(Cc4cc(OC5CC5)c(Br)c(OC5CC5)c4)CC3)CC2=O)cc1. The van der Waals surface area contributed by atoms with Crippen LogP contribution < -0.4 is 14.4 Å². The Morgan fingerprint density at radius 1 is 1.00 bits per heavy atom. The number of ether oxygens (including phenoxy) is 2. The van der Waals surface area contributed by atoms with Crippen molar-refractivity contribution >= 4 is 33.5 Å². The third-order valence-corrected chi connectivity index (χ3v) is 8.55. The van der Waals surface area contributed by atoms with Crippen LogP contribution in [0.3, 0.4) is 0 Å². The number of amides is 1. The maximum Gasteiger partial charge on any atom is 0.335 e. The molecule has 2 aliphatic heterocycles. The van der Waals surface area contributed by atoms with Gasteiger partial charge in [0.1, 0.15) is 16.0 Å². The second-order valence-electron chi connectivity index (χ2n) is 10.8. The van der Waals surface area contributed by atoms with E-state index in [1.165, 1.54) is 5.56 Å². The van der Waals surface area contributed by atoms with Crippen molar-refractivity contribution in [3.63, 3.8) is 0 Å². The van der Waals surface area contributed by atoms with Crippen LogP contribution in [0.4, 0.5) is 5.69 Å². The number of benzene rings is 2. The van der Waals surface area contributed by atoms with Crippen molar-refractivity contribution in [1.82, 2.24) is 4.90 Å². The largest absolute Gasteiger partial charge is 0.489 e. The maximum atomic E-state index is 12.9. The molecule has 1 N–H and O–H groups in total. The van der Waals surface area contributed by atoms with E-state index in [-0.39, 0.29) is 16.9 Å². The van der Waals surface area contributed by atoms with Gasteiger partial charge < -0.3 is 19.5 Å². The molecule has 6 rings (SSSR count). The van der Waals surface area contributed by atoms with Gasteiger partial charge in [-0.3, -0.25) is 9.69 Å². The number of halogens is 1. The molecule has 0 bridgehead atoms. The number of piperidine rings is 1. The normalized spacial score (nSPS) is 21.7. The molecule has 2 saturated carbocycles. The number of carboxylic acids is 1. The van der Waals surface area contributed by atoms with E-state index >= 15 is 0 Å². The van der Waals surface area contributed by atoms with Crippen LogP contribution in [0.25, 0.3) is 0 Å². The minimum Gasteiger partial charge on any atom is -0.489 e. The molecular weight excluding hydrogens is 524 g/mol. The summed E-state index contributed by atoms with van der Waals surface area (Å²) in [6, 6.07) is 10.9. The fourth-order valence-electron chi connectivity index (χ4n) is 5.31. The lowest BCUT2D eigenvalue weighted by Crippen LogP contribution is -2.41. The van der Waals surface area contributed by atoms with E-state index in [9.17, 15) is 9.59 Å². The Balaban J connectivity index is 1.11. The summed E-state index contributed by atoms with van der Waals surface area (Å²) in [5.41, 5.74) is 2.20. The summed E-state index contributed by atoms with van der Waals surface area (Å²) in [4.78, 5) is 28.3. The number of likely N-dealkylation sites (tertiary alicyclic amines) is 1. The van der Waals surface area contributed by atoms with Gasteiger partial charge in [-0.05, 0) is 115 Å². The first kappa shape index (κ1) is 23.8. The van der Waals surface area contributed by atoms with Crippen LogP contribution >= 0.6 is 15.9 Å². The van der Waals surface area contributed by atoms with Crippen LogP contribution in [0.15, 0.2) is 40.9 Å². The minimum atomic E-state index is -0.957. The average molecular weight is 555 g/mol. The second-order valence-corrected chi connectivity index (χ2v) is 11.6. The summed E-state index contributed by atoms with van der Waals surface area (Å²) < 4.78 is 13.3. The monoisotopic (exact) mass is 554 g/mol. The number of rotatable bonds is 8. The van der Waals surface area contributed by atoms with E-state index in [1.54, 1.807) is 24.3 Å². The van der Waals surface area contributed by atoms with Gasteiger partial charge in [0.05, 0.1) is 17.8 Å². The first-order valence-corrected chi connectivity index (χ1v) is 13.7. The summed E-state index contributed by atoms with van der Waals surface area (Å²) in [7, 11) is 0. The molecule has 7 nitrogen and oxygen atoms in total. The fraction of sp³-hybridized carbons (Fsp3) is 0.500. The van der Waals surface area contributed by atoms with Crippen LogP contribution in [0.5, 0.6) is 11.5 Å². The van der Waals surface area contributed by atoms with Gasteiger partial charge in [0.15, 0.2) is 0 Å². The van der Waals surface area contributed by atoms with Gasteiger partial charge in [0.25, 0.3) is 0 Å².